The third-order valence-electron chi connectivity index (χ3n) is 5.76. The molecule has 0 radical (unpaired) electrons. The Bertz CT molecular complexity index is 1170. The molecule has 11 heteroatoms. The summed E-state index contributed by atoms with van der Waals surface area (Å²) in [5.74, 6) is 0.0819. The first-order chi connectivity index (χ1) is 16.9. The minimum atomic E-state index is -3.87. The number of nitrogens with zero attached hydrogens (tertiary/aromatic N) is 2. The Kier molecular flexibility index (Phi) is 10.4. The fourth-order valence-electron chi connectivity index (χ4n) is 3.44. The molecule has 0 aromatic heterocycles. The predicted octanol–water partition coefficient (Wildman–Crippen LogP) is 3.46. The van der Waals surface area contributed by atoms with E-state index in [0.717, 1.165) is 22.5 Å². The van der Waals surface area contributed by atoms with Gasteiger partial charge in [-0.1, -0.05) is 30.7 Å². The van der Waals surface area contributed by atoms with Gasteiger partial charge in [0.05, 0.1) is 31.2 Å². The number of carbonyl (C=O) groups is 2. The van der Waals surface area contributed by atoms with Gasteiger partial charge in [0.2, 0.25) is 21.8 Å². The lowest BCUT2D eigenvalue weighted by molar-refractivity contribution is -0.139. The fourth-order valence-corrected chi connectivity index (χ4v) is 4.53. The summed E-state index contributed by atoms with van der Waals surface area (Å²) < 4.78 is 36.7. The van der Waals surface area contributed by atoms with E-state index in [1.54, 1.807) is 31.2 Å². The van der Waals surface area contributed by atoms with Crippen molar-refractivity contribution < 1.29 is 27.5 Å². The van der Waals surface area contributed by atoms with Crippen molar-refractivity contribution in [3.05, 3.63) is 53.1 Å². The van der Waals surface area contributed by atoms with E-state index in [4.69, 9.17) is 21.1 Å². The van der Waals surface area contributed by atoms with E-state index in [1.807, 2.05) is 13.8 Å². The van der Waals surface area contributed by atoms with E-state index < -0.39 is 28.5 Å². The van der Waals surface area contributed by atoms with Crippen LogP contribution in [0.2, 0.25) is 5.02 Å². The molecule has 0 bridgehead atoms. The average Bonchev–Trinajstić information content (AvgIpc) is 2.84. The highest BCUT2D eigenvalue weighted by Gasteiger charge is 2.30. The van der Waals surface area contributed by atoms with Crippen molar-refractivity contribution in [1.82, 2.24) is 10.2 Å². The van der Waals surface area contributed by atoms with Gasteiger partial charge in [-0.2, -0.15) is 0 Å². The van der Waals surface area contributed by atoms with Gasteiger partial charge in [0.1, 0.15) is 24.1 Å². The number of hydrogen-bond acceptors (Lipinski definition) is 6. The molecule has 2 rings (SSSR count). The summed E-state index contributed by atoms with van der Waals surface area (Å²) in [6, 6.07) is 10.6. The number of rotatable bonds is 12. The van der Waals surface area contributed by atoms with Crippen LogP contribution >= 0.6 is 11.6 Å². The SMILES string of the molecule is CC[C@H](C)NC(=O)[C@H](C)N(Cc1cccc(OC)c1)C(=O)CN(c1ccc(OC)c(Cl)c1)S(C)(=O)=O. The molecular weight excluding hydrogens is 506 g/mol. The van der Waals surface area contributed by atoms with Crippen LogP contribution in [0.5, 0.6) is 11.5 Å². The Morgan fingerprint density at radius 2 is 1.78 bits per heavy atom. The van der Waals surface area contributed by atoms with Gasteiger partial charge in [0.15, 0.2) is 0 Å². The molecule has 0 aliphatic rings. The summed E-state index contributed by atoms with van der Waals surface area (Å²) in [5.41, 5.74) is 0.930. The summed E-state index contributed by atoms with van der Waals surface area (Å²) in [5, 5.41) is 3.09. The summed E-state index contributed by atoms with van der Waals surface area (Å²) in [6.07, 6.45) is 1.73. The highest BCUT2D eigenvalue weighted by atomic mass is 35.5. The molecule has 0 saturated heterocycles. The molecule has 0 aliphatic heterocycles. The minimum Gasteiger partial charge on any atom is -0.497 e. The van der Waals surface area contributed by atoms with Gasteiger partial charge >= 0.3 is 0 Å². The second-order valence-corrected chi connectivity index (χ2v) is 10.8. The summed E-state index contributed by atoms with van der Waals surface area (Å²) in [6.45, 7) is 4.99. The molecule has 0 spiro atoms. The molecule has 0 fully saturated rings. The van der Waals surface area contributed by atoms with Gasteiger partial charge in [0.25, 0.3) is 0 Å². The summed E-state index contributed by atoms with van der Waals surface area (Å²) in [7, 11) is -0.888. The Balaban J connectivity index is 2.43. The van der Waals surface area contributed by atoms with Gasteiger partial charge in [-0.3, -0.25) is 13.9 Å². The van der Waals surface area contributed by atoms with Gasteiger partial charge in [-0.05, 0) is 56.2 Å². The summed E-state index contributed by atoms with van der Waals surface area (Å²) >= 11 is 6.21. The highest BCUT2D eigenvalue weighted by molar-refractivity contribution is 7.92. The monoisotopic (exact) mass is 539 g/mol. The van der Waals surface area contributed by atoms with Crippen LogP contribution in [0.25, 0.3) is 0 Å². The van der Waals surface area contributed by atoms with Crippen LogP contribution in [0.15, 0.2) is 42.5 Å². The Labute approximate surface area is 218 Å². The summed E-state index contributed by atoms with van der Waals surface area (Å²) in [4.78, 5) is 27.9. The number of amides is 2. The van der Waals surface area contributed by atoms with Crippen LogP contribution in [0.4, 0.5) is 5.69 Å². The van der Waals surface area contributed by atoms with E-state index in [-0.39, 0.29) is 29.2 Å². The van der Waals surface area contributed by atoms with Crippen LogP contribution in [0.1, 0.15) is 32.8 Å². The lowest BCUT2D eigenvalue weighted by atomic mass is 10.1. The molecule has 0 aliphatic carbocycles. The number of hydrogen-bond donors (Lipinski definition) is 1. The Hall–Kier alpha value is -2.98. The number of sulfonamides is 1. The van der Waals surface area contributed by atoms with E-state index in [9.17, 15) is 18.0 Å². The molecule has 0 unspecified atom stereocenters. The average molecular weight is 540 g/mol. The van der Waals surface area contributed by atoms with E-state index in [0.29, 0.717) is 11.5 Å². The zero-order valence-electron chi connectivity index (χ0n) is 21.4. The molecule has 2 aromatic carbocycles. The first kappa shape index (κ1) is 29.3. The van der Waals surface area contributed by atoms with Gasteiger partial charge in [-0.15, -0.1) is 0 Å². The largest absolute Gasteiger partial charge is 0.497 e. The van der Waals surface area contributed by atoms with Crippen molar-refractivity contribution >= 4 is 39.1 Å². The van der Waals surface area contributed by atoms with Gasteiger partial charge in [-0.25, -0.2) is 8.42 Å². The quantitative estimate of drug-likeness (QED) is 0.443. The number of benzene rings is 2. The Morgan fingerprint density at radius 3 is 2.33 bits per heavy atom. The van der Waals surface area contributed by atoms with Gasteiger partial charge in [0, 0.05) is 12.6 Å². The van der Waals surface area contributed by atoms with Crippen molar-refractivity contribution in [3.63, 3.8) is 0 Å². The number of ether oxygens (including phenoxy) is 2. The molecule has 36 heavy (non-hydrogen) atoms. The maximum absolute atomic E-state index is 13.6. The number of carbonyl (C=O) groups excluding carboxylic acids is 2. The molecule has 1 N–H and O–H groups in total. The van der Waals surface area contributed by atoms with Crippen molar-refractivity contribution in [2.75, 3.05) is 31.3 Å². The molecule has 0 heterocycles. The first-order valence-electron chi connectivity index (χ1n) is 11.4. The van der Waals surface area contributed by atoms with Crippen molar-refractivity contribution in [1.29, 1.82) is 0 Å². The standard InChI is InChI=1S/C25H34ClN3O6S/c1-7-17(2)27-25(31)18(3)28(15-19-9-8-10-21(13-19)34-4)24(30)16-29(36(6,32)33)20-11-12-23(35-5)22(26)14-20/h8-14,17-18H,7,15-16H2,1-6H3,(H,27,31)/t17-,18-/m0/s1. The van der Waals surface area contributed by atoms with E-state index in [2.05, 4.69) is 5.32 Å². The topological polar surface area (TPSA) is 105 Å². The zero-order valence-corrected chi connectivity index (χ0v) is 23.0. The molecule has 2 aromatic rings. The molecule has 198 valence electrons. The van der Waals surface area contributed by atoms with Crippen LogP contribution < -0.4 is 19.1 Å². The van der Waals surface area contributed by atoms with Gasteiger partial charge < -0.3 is 19.7 Å². The third kappa shape index (κ3) is 7.76. The smallest absolute Gasteiger partial charge is 0.244 e. The number of nitrogens with one attached hydrogen (secondary N) is 1. The molecule has 0 saturated carbocycles. The van der Waals surface area contributed by atoms with Crippen LogP contribution in [-0.2, 0) is 26.2 Å². The first-order valence-corrected chi connectivity index (χ1v) is 13.7. The zero-order chi connectivity index (χ0) is 27.0. The molecule has 2 amide bonds. The maximum atomic E-state index is 13.6. The molecule has 9 nitrogen and oxygen atoms in total. The lowest BCUT2D eigenvalue weighted by Gasteiger charge is -2.32. The number of methoxy groups -OCH3 is 2. The number of halogens is 1. The maximum Gasteiger partial charge on any atom is 0.244 e. The third-order valence-corrected chi connectivity index (χ3v) is 7.19. The molecule has 2 atom stereocenters. The lowest BCUT2D eigenvalue weighted by Crippen LogP contribution is -2.52. The van der Waals surface area contributed by atoms with Crippen LogP contribution in [0.3, 0.4) is 0 Å². The van der Waals surface area contributed by atoms with Crippen LogP contribution in [-0.4, -0.2) is 64.2 Å². The Morgan fingerprint density at radius 1 is 1.08 bits per heavy atom. The van der Waals surface area contributed by atoms with E-state index >= 15 is 0 Å². The van der Waals surface area contributed by atoms with E-state index in [1.165, 1.54) is 37.3 Å². The number of anilines is 1. The van der Waals surface area contributed by atoms with Crippen molar-refractivity contribution in [2.24, 2.45) is 0 Å². The van der Waals surface area contributed by atoms with Crippen molar-refractivity contribution in [2.45, 2.75) is 45.8 Å². The second kappa shape index (κ2) is 12.8. The highest BCUT2D eigenvalue weighted by Crippen LogP contribution is 2.30. The van der Waals surface area contributed by atoms with Crippen molar-refractivity contribution in [3.8, 4) is 11.5 Å². The predicted molar refractivity (Wildman–Crippen MR) is 141 cm³/mol. The second-order valence-electron chi connectivity index (χ2n) is 8.46. The van der Waals surface area contributed by atoms with Crippen LogP contribution in [0, 0.1) is 0 Å². The molecular formula is C25H34ClN3O6S. The fraction of sp³-hybridized carbons (Fsp3) is 0.440. The minimum absolute atomic E-state index is 0.0755. The normalized spacial score (nSPS) is 12.9.